The zero-order valence-electron chi connectivity index (χ0n) is 13.9. The molecule has 0 saturated carbocycles. The van der Waals surface area contributed by atoms with Crippen LogP contribution < -0.4 is 0 Å². The zero-order valence-corrected chi connectivity index (χ0v) is 14.7. The van der Waals surface area contributed by atoms with E-state index in [4.69, 9.17) is 9.63 Å². The van der Waals surface area contributed by atoms with E-state index in [1.807, 2.05) is 0 Å². The van der Waals surface area contributed by atoms with Crippen molar-refractivity contribution in [1.29, 1.82) is 0 Å². The molecular formula is C14H19N5O5S. The molecule has 2 aromatic rings. The second-order valence-corrected chi connectivity index (χ2v) is 8.03. The molecular weight excluding hydrogens is 350 g/mol. The molecule has 0 radical (unpaired) electrons. The molecule has 1 fully saturated rings. The topological polar surface area (TPSA) is 131 Å². The van der Waals surface area contributed by atoms with Gasteiger partial charge in [0.15, 0.2) is 11.5 Å². The Bertz CT molecular complexity index is 868. The number of nitrogens with zero attached hydrogens (tertiary/aromatic N) is 5. The van der Waals surface area contributed by atoms with E-state index in [1.165, 1.54) is 15.2 Å². The van der Waals surface area contributed by atoms with Crippen LogP contribution in [-0.2, 0) is 16.6 Å². The van der Waals surface area contributed by atoms with Crippen LogP contribution in [0.25, 0.3) is 0 Å². The molecule has 0 spiro atoms. The molecule has 136 valence electrons. The van der Waals surface area contributed by atoms with Gasteiger partial charge in [0.25, 0.3) is 0 Å². The van der Waals surface area contributed by atoms with Crippen LogP contribution in [0.1, 0.15) is 34.8 Å². The molecule has 1 saturated heterocycles. The number of piperidine rings is 1. The van der Waals surface area contributed by atoms with Gasteiger partial charge in [0.1, 0.15) is 10.6 Å². The van der Waals surface area contributed by atoms with Gasteiger partial charge in [0.05, 0.1) is 6.20 Å². The van der Waals surface area contributed by atoms with Crippen LogP contribution in [0, 0.1) is 19.8 Å². The summed E-state index contributed by atoms with van der Waals surface area (Å²) in [5, 5.41) is 20.0. The Labute approximate surface area is 144 Å². The highest BCUT2D eigenvalue weighted by Gasteiger charge is 2.34. The zero-order chi connectivity index (χ0) is 18.2. The summed E-state index contributed by atoms with van der Waals surface area (Å²) in [6.07, 6.45) is 2.90. The van der Waals surface area contributed by atoms with Gasteiger partial charge in [-0.05, 0) is 32.6 Å². The summed E-state index contributed by atoms with van der Waals surface area (Å²) >= 11 is 0. The quantitative estimate of drug-likeness (QED) is 0.814. The predicted octanol–water partition coefficient (Wildman–Crippen LogP) is 0.682. The molecule has 2 aromatic heterocycles. The molecule has 3 rings (SSSR count). The van der Waals surface area contributed by atoms with Gasteiger partial charge in [-0.15, -0.1) is 5.10 Å². The highest BCUT2D eigenvalue weighted by atomic mass is 32.2. The van der Waals surface area contributed by atoms with Crippen molar-refractivity contribution in [2.45, 2.75) is 38.1 Å². The molecule has 3 heterocycles. The lowest BCUT2D eigenvalue weighted by atomic mass is 10.00. The fourth-order valence-electron chi connectivity index (χ4n) is 3.12. The van der Waals surface area contributed by atoms with Gasteiger partial charge in [-0.3, -0.25) is 4.68 Å². The number of hydrogen-bond donors (Lipinski definition) is 1. The van der Waals surface area contributed by atoms with Crippen LogP contribution in [0.3, 0.4) is 0 Å². The SMILES string of the molecule is Cc1noc(C)c1S(=O)(=O)N1CCC[C@@H](Cn2cc(C(=O)O)nn2)C1. The molecule has 1 N–H and O–H groups in total. The lowest BCUT2D eigenvalue weighted by molar-refractivity contribution is 0.0690. The molecule has 1 aliphatic heterocycles. The minimum Gasteiger partial charge on any atom is -0.476 e. The largest absolute Gasteiger partial charge is 0.476 e. The lowest BCUT2D eigenvalue weighted by Gasteiger charge is -2.31. The number of carbonyl (C=O) groups is 1. The maximum atomic E-state index is 12.9. The number of rotatable bonds is 5. The second kappa shape index (κ2) is 6.56. The standard InChI is InChI=1S/C14H19N5O5S/c1-9-13(10(2)24-16-9)25(22,23)19-5-3-4-11(7-19)6-18-8-12(14(20)21)15-17-18/h8,11H,3-7H2,1-2H3,(H,20,21)/t11-/m0/s1. The summed E-state index contributed by atoms with van der Waals surface area (Å²) in [6.45, 7) is 4.36. The third kappa shape index (κ3) is 3.42. The van der Waals surface area contributed by atoms with Crippen molar-refractivity contribution in [3.63, 3.8) is 0 Å². The van der Waals surface area contributed by atoms with Crippen LogP contribution in [-0.4, -0.2) is 57.0 Å². The third-order valence-corrected chi connectivity index (χ3v) is 6.36. The summed E-state index contributed by atoms with van der Waals surface area (Å²) < 4.78 is 33.7. The van der Waals surface area contributed by atoms with Crippen molar-refractivity contribution in [2.75, 3.05) is 13.1 Å². The summed E-state index contributed by atoms with van der Waals surface area (Å²) in [7, 11) is -3.68. The van der Waals surface area contributed by atoms with Crippen LogP contribution >= 0.6 is 0 Å². The molecule has 0 bridgehead atoms. The van der Waals surface area contributed by atoms with Crippen molar-refractivity contribution >= 4 is 16.0 Å². The number of aryl methyl sites for hydroxylation is 2. The summed E-state index contributed by atoms with van der Waals surface area (Å²) in [4.78, 5) is 11.0. The molecule has 11 heteroatoms. The first-order valence-corrected chi connectivity index (χ1v) is 9.29. The highest BCUT2D eigenvalue weighted by molar-refractivity contribution is 7.89. The van der Waals surface area contributed by atoms with E-state index in [2.05, 4.69) is 15.5 Å². The first-order valence-electron chi connectivity index (χ1n) is 7.85. The van der Waals surface area contributed by atoms with Crippen LogP contribution in [0.4, 0.5) is 0 Å². The fourth-order valence-corrected chi connectivity index (χ4v) is 4.96. The first-order chi connectivity index (χ1) is 11.8. The lowest BCUT2D eigenvalue weighted by Crippen LogP contribution is -2.41. The number of carboxylic acids is 1. The van der Waals surface area contributed by atoms with Gasteiger partial charge in [0, 0.05) is 19.6 Å². The van der Waals surface area contributed by atoms with Crippen molar-refractivity contribution in [2.24, 2.45) is 5.92 Å². The van der Waals surface area contributed by atoms with Crippen molar-refractivity contribution in [1.82, 2.24) is 24.5 Å². The molecule has 1 atom stereocenters. The van der Waals surface area contributed by atoms with Crippen LogP contribution in [0.5, 0.6) is 0 Å². The Morgan fingerprint density at radius 2 is 2.20 bits per heavy atom. The van der Waals surface area contributed by atoms with Gasteiger partial charge in [-0.1, -0.05) is 10.4 Å². The van der Waals surface area contributed by atoms with E-state index in [1.54, 1.807) is 13.8 Å². The molecule has 0 amide bonds. The first kappa shape index (κ1) is 17.5. The van der Waals surface area contributed by atoms with Crippen molar-refractivity contribution in [3.05, 3.63) is 23.3 Å². The van der Waals surface area contributed by atoms with Gasteiger partial charge in [-0.2, -0.15) is 4.31 Å². The highest BCUT2D eigenvalue weighted by Crippen LogP contribution is 2.28. The fraction of sp³-hybridized carbons (Fsp3) is 0.571. The smallest absolute Gasteiger partial charge is 0.358 e. The predicted molar refractivity (Wildman–Crippen MR) is 84.4 cm³/mol. The van der Waals surface area contributed by atoms with Gasteiger partial charge < -0.3 is 9.63 Å². The molecule has 0 aromatic carbocycles. The molecule has 25 heavy (non-hydrogen) atoms. The van der Waals surface area contributed by atoms with E-state index in [-0.39, 0.29) is 22.3 Å². The maximum Gasteiger partial charge on any atom is 0.358 e. The van der Waals surface area contributed by atoms with E-state index < -0.39 is 16.0 Å². The van der Waals surface area contributed by atoms with E-state index in [0.717, 1.165) is 6.42 Å². The molecule has 1 aliphatic rings. The van der Waals surface area contributed by atoms with E-state index in [0.29, 0.717) is 31.7 Å². The maximum absolute atomic E-state index is 12.9. The molecule has 0 aliphatic carbocycles. The van der Waals surface area contributed by atoms with Gasteiger partial charge in [0.2, 0.25) is 10.0 Å². The molecule has 10 nitrogen and oxygen atoms in total. The van der Waals surface area contributed by atoms with Crippen molar-refractivity contribution in [3.8, 4) is 0 Å². The van der Waals surface area contributed by atoms with Gasteiger partial charge in [-0.25, -0.2) is 13.2 Å². The Balaban J connectivity index is 1.75. The van der Waals surface area contributed by atoms with E-state index in [9.17, 15) is 13.2 Å². The number of aromatic carboxylic acids is 1. The Hall–Kier alpha value is -2.27. The average molecular weight is 369 g/mol. The van der Waals surface area contributed by atoms with Crippen LogP contribution in [0.2, 0.25) is 0 Å². The summed E-state index contributed by atoms with van der Waals surface area (Å²) in [6, 6.07) is 0. The normalized spacial score (nSPS) is 19.2. The number of carboxylic acid groups (broad SMARTS) is 1. The summed E-state index contributed by atoms with van der Waals surface area (Å²) in [5.41, 5.74) is 0.220. The Morgan fingerprint density at radius 1 is 1.44 bits per heavy atom. The van der Waals surface area contributed by atoms with Crippen LogP contribution in [0.15, 0.2) is 15.6 Å². The molecule has 0 unspecified atom stereocenters. The minimum absolute atomic E-state index is 0.0207. The average Bonchev–Trinajstić information content (AvgIpc) is 3.15. The number of aromatic nitrogens is 4. The summed E-state index contributed by atoms with van der Waals surface area (Å²) in [5.74, 6) is -0.841. The second-order valence-electron chi connectivity index (χ2n) is 6.16. The number of hydrogen-bond acceptors (Lipinski definition) is 7. The van der Waals surface area contributed by atoms with Gasteiger partial charge >= 0.3 is 5.97 Å². The Morgan fingerprint density at radius 3 is 2.80 bits per heavy atom. The Kier molecular flexibility index (Phi) is 4.60. The van der Waals surface area contributed by atoms with Crippen molar-refractivity contribution < 1.29 is 22.8 Å². The number of sulfonamides is 1. The van der Waals surface area contributed by atoms with E-state index >= 15 is 0 Å². The monoisotopic (exact) mass is 369 g/mol. The minimum atomic E-state index is -3.68. The third-order valence-electron chi connectivity index (χ3n) is 4.25.